The van der Waals surface area contributed by atoms with E-state index in [-0.39, 0.29) is 29.9 Å². The molecule has 0 radical (unpaired) electrons. The van der Waals surface area contributed by atoms with Crippen molar-refractivity contribution >= 4 is 111 Å². The lowest BCUT2D eigenvalue weighted by Crippen LogP contribution is -2.48. The Morgan fingerprint density at radius 1 is 0.557 bits per heavy atom. The molecule has 0 unspecified atom stereocenters. The Morgan fingerprint density at radius 3 is 1.34 bits per heavy atom. The van der Waals surface area contributed by atoms with Crippen molar-refractivity contribution in [1.82, 2.24) is 18.6 Å². The molecule has 61 heavy (non-hydrogen) atoms. The number of hydrogen-bond acceptors (Lipinski definition) is 11. The van der Waals surface area contributed by atoms with E-state index in [1.54, 1.807) is 54.0 Å². The molecule has 4 aromatic carbocycles. The molecule has 2 aliphatic heterocycles. The maximum absolute atomic E-state index is 13.0. The summed E-state index contributed by atoms with van der Waals surface area (Å²) in [6, 6.07) is 25.0. The minimum absolute atomic E-state index is 0.0459. The van der Waals surface area contributed by atoms with Crippen molar-refractivity contribution in [1.29, 1.82) is 0 Å². The van der Waals surface area contributed by atoms with Crippen LogP contribution in [0, 0.1) is 0 Å². The molecule has 2 aliphatic rings. The van der Waals surface area contributed by atoms with Gasteiger partial charge in [-0.3, -0.25) is 0 Å². The van der Waals surface area contributed by atoms with Gasteiger partial charge in [-0.2, -0.15) is 8.61 Å². The molecule has 6 aromatic rings. The Hall–Kier alpha value is -3.19. The van der Waals surface area contributed by atoms with Crippen molar-refractivity contribution in [2.75, 3.05) is 69.3 Å². The van der Waals surface area contributed by atoms with Crippen LogP contribution in [0.25, 0.3) is 0 Å². The maximum atomic E-state index is 13.0. The molecule has 8 rings (SSSR count). The molecule has 20 heteroatoms. The van der Waals surface area contributed by atoms with E-state index in [0.29, 0.717) is 57.4 Å². The zero-order valence-corrected chi connectivity index (χ0v) is 39.6. The Kier molecular flexibility index (Phi) is 15.1. The average molecular weight is 1000 g/mol. The minimum atomic E-state index is -3.70. The number of benzene rings is 4. The predicted octanol–water partition coefficient (Wildman–Crippen LogP) is 9.77. The third-order valence-electron chi connectivity index (χ3n) is 10.0. The van der Waals surface area contributed by atoms with Gasteiger partial charge in [-0.05, 0) is 59.7 Å². The highest BCUT2D eigenvalue weighted by Crippen LogP contribution is 2.34. The van der Waals surface area contributed by atoms with E-state index in [9.17, 15) is 16.8 Å². The Bertz CT molecular complexity index is 2670. The van der Waals surface area contributed by atoms with Crippen molar-refractivity contribution < 1.29 is 21.6 Å². The second-order valence-electron chi connectivity index (χ2n) is 14.0. The van der Waals surface area contributed by atoms with Gasteiger partial charge < -0.3 is 14.5 Å². The van der Waals surface area contributed by atoms with Gasteiger partial charge in [0.2, 0.25) is 20.0 Å². The minimum Gasteiger partial charge on any atom is -0.497 e. The zero-order chi connectivity index (χ0) is 43.3. The monoisotopic (exact) mass is 998 g/mol. The second kappa shape index (κ2) is 20.1. The van der Waals surface area contributed by atoms with Gasteiger partial charge in [-0.25, -0.2) is 26.8 Å². The molecular formula is C41H39Cl5N6O5S4. The number of nitrogens with zero attached hydrogens (tertiary/aromatic N) is 6. The number of piperazine rings is 2. The Labute approximate surface area is 389 Å². The van der Waals surface area contributed by atoms with Gasteiger partial charge in [-0.15, -0.1) is 22.7 Å². The summed E-state index contributed by atoms with van der Waals surface area (Å²) in [6.45, 7) is 3.68. The van der Waals surface area contributed by atoms with Crippen molar-refractivity contribution in [2.24, 2.45) is 0 Å². The molecule has 0 amide bonds. The molecule has 0 N–H and O–H groups in total. The zero-order valence-electron chi connectivity index (χ0n) is 32.6. The van der Waals surface area contributed by atoms with Gasteiger partial charge in [-0.1, -0.05) is 94.4 Å². The van der Waals surface area contributed by atoms with E-state index < -0.39 is 20.0 Å². The number of halogens is 5. The highest BCUT2D eigenvalue weighted by atomic mass is 35.5. The summed E-state index contributed by atoms with van der Waals surface area (Å²) in [6.07, 6.45) is 1.47. The lowest BCUT2D eigenvalue weighted by molar-refractivity contribution is 0.384. The lowest BCUT2D eigenvalue weighted by atomic mass is 10.1. The number of ether oxygens (including phenoxy) is 1. The molecule has 2 saturated heterocycles. The van der Waals surface area contributed by atoms with Crippen molar-refractivity contribution in [3.8, 4) is 5.75 Å². The first kappa shape index (κ1) is 45.8. The van der Waals surface area contributed by atoms with Crippen LogP contribution in [0.3, 0.4) is 0 Å². The fourth-order valence-corrected chi connectivity index (χ4v) is 12.9. The van der Waals surface area contributed by atoms with Crippen molar-refractivity contribution in [3.05, 3.63) is 143 Å². The van der Waals surface area contributed by atoms with E-state index in [1.165, 1.54) is 20.7 Å². The van der Waals surface area contributed by atoms with Crippen LogP contribution in [0.1, 0.15) is 22.5 Å². The third-order valence-corrected chi connectivity index (χ3v) is 17.9. The first-order valence-electron chi connectivity index (χ1n) is 18.9. The van der Waals surface area contributed by atoms with Gasteiger partial charge >= 0.3 is 0 Å². The highest BCUT2D eigenvalue weighted by Gasteiger charge is 2.33. The molecule has 0 aliphatic carbocycles. The smallest absolute Gasteiger partial charge is 0.244 e. The first-order valence-corrected chi connectivity index (χ1v) is 25.4. The molecule has 0 atom stereocenters. The Balaban J connectivity index is 0.000000184. The van der Waals surface area contributed by atoms with Gasteiger partial charge in [0, 0.05) is 81.0 Å². The van der Waals surface area contributed by atoms with E-state index in [2.05, 4.69) is 15.2 Å². The molecule has 0 saturated carbocycles. The summed E-state index contributed by atoms with van der Waals surface area (Å²) in [5, 5.41) is 7.19. The molecule has 0 bridgehead atoms. The van der Waals surface area contributed by atoms with Crippen LogP contribution in [0.4, 0.5) is 10.3 Å². The van der Waals surface area contributed by atoms with Gasteiger partial charge in [0.15, 0.2) is 10.3 Å². The fourth-order valence-electron chi connectivity index (χ4n) is 6.69. The van der Waals surface area contributed by atoms with Crippen molar-refractivity contribution in [3.63, 3.8) is 0 Å². The second-order valence-corrected chi connectivity index (χ2v) is 21.4. The largest absolute Gasteiger partial charge is 0.497 e. The van der Waals surface area contributed by atoms with E-state index in [1.807, 2.05) is 53.9 Å². The SMILES string of the molecule is COc1ccc(Cc2csc(N3CCN(S(=O)(=O)c4cccc(Cl)c4Cl)CC3)n2)cc1.O=S(=O)(c1cccc(Cl)c1Cl)N1CCN(c2nc(Cc3ccc(Cl)cc3)cs2)CC1. The number of hydrogen-bond donors (Lipinski definition) is 0. The quantitative estimate of drug-likeness (QED) is 0.125. The summed E-state index contributed by atoms with van der Waals surface area (Å²) >= 11 is 33.4. The third kappa shape index (κ3) is 11.0. The van der Waals surface area contributed by atoms with Crippen LogP contribution in [0.2, 0.25) is 25.1 Å². The maximum Gasteiger partial charge on any atom is 0.244 e. The fraction of sp³-hybridized carbons (Fsp3) is 0.268. The normalized spacial score (nSPS) is 15.4. The summed E-state index contributed by atoms with van der Waals surface area (Å²) in [4.78, 5) is 13.8. The van der Waals surface area contributed by atoms with Crippen molar-refractivity contribution in [2.45, 2.75) is 22.6 Å². The van der Waals surface area contributed by atoms with Crippen LogP contribution >= 0.6 is 80.7 Å². The number of aromatic nitrogens is 2. The first-order chi connectivity index (χ1) is 29.2. The molecule has 2 aromatic heterocycles. The standard InChI is InChI=1S/C21H21Cl2N3O3S2.C20H18Cl3N3O2S2/c1-29-17-7-5-15(6-8-17)13-16-14-30-21(24-16)25-9-11-26(12-10-25)31(27,28)19-4-2-3-18(22)20(19)23;21-15-6-4-14(5-7-15)12-16-13-29-20(24-16)25-8-10-26(11-9-25)30(27,28)18-3-1-2-17(22)19(18)23/h2-8,14H,9-13H2,1H3;1-7,13H,8-12H2. The van der Waals surface area contributed by atoms with Crippen LogP contribution in [-0.2, 0) is 32.9 Å². The van der Waals surface area contributed by atoms with Crippen LogP contribution in [0.5, 0.6) is 5.75 Å². The Morgan fingerprint density at radius 2 is 0.951 bits per heavy atom. The van der Waals surface area contributed by atoms with Gasteiger partial charge in [0.25, 0.3) is 0 Å². The molecular weight excluding hydrogens is 962 g/mol. The number of methoxy groups -OCH3 is 1. The number of rotatable bonds is 11. The van der Waals surface area contributed by atoms with Gasteiger partial charge in [0.1, 0.15) is 15.5 Å². The highest BCUT2D eigenvalue weighted by molar-refractivity contribution is 7.89. The van der Waals surface area contributed by atoms with E-state index in [0.717, 1.165) is 51.4 Å². The molecule has 322 valence electrons. The number of sulfonamides is 2. The van der Waals surface area contributed by atoms with E-state index >= 15 is 0 Å². The van der Waals surface area contributed by atoms with Crippen LogP contribution in [-0.4, -0.2) is 94.9 Å². The number of thiazole rings is 2. The van der Waals surface area contributed by atoms with Crippen LogP contribution in [0.15, 0.2) is 105 Å². The average Bonchev–Trinajstić information content (AvgIpc) is 3.94. The topological polar surface area (TPSA) is 116 Å². The summed E-state index contributed by atoms with van der Waals surface area (Å²) in [7, 11) is -5.75. The summed E-state index contributed by atoms with van der Waals surface area (Å²) < 4.78 is 60.0. The van der Waals surface area contributed by atoms with Gasteiger partial charge in [0.05, 0.1) is 38.6 Å². The molecule has 2 fully saturated rings. The lowest BCUT2D eigenvalue weighted by Gasteiger charge is -2.34. The van der Waals surface area contributed by atoms with Crippen LogP contribution < -0.4 is 14.5 Å². The summed E-state index contributed by atoms with van der Waals surface area (Å²) in [5.74, 6) is 0.828. The number of anilines is 2. The predicted molar refractivity (Wildman–Crippen MR) is 249 cm³/mol. The molecule has 4 heterocycles. The molecule has 11 nitrogen and oxygen atoms in total. The molecule has 0 spiro atoms. The summed E-state index contributed by atoms with van der Waals surface area (Å²) in [5.41, 5.74) is 4.28. The van der Waals surface area contributed by atoms with E-state index in [4.69, 9.17) is 72.7 Å².